The Kier molecular flexibility index (Phi) is 4.74. The molecule has 1 saturated carbocycles. The minimum absolute atomic E-state index is 0.251. The molecule has 5 heteroatoms. The summed E-state index contributed by atoms with van der Waals surface area (Å²) >= 11 is 0. The second-order valence-corrected chi connectivity index (χ2v) is 3.12. The van der Waals surface area contributed by atoms with Crippen LogP contribution >= 0.6 is 0 Å². The Labute approximate surface area is 77.5 Å². The maximum atomic E-state index is 10.8. The molecule has 76 valence electrons. The first-order valence-corrected chi connectivity index (χ1v) is 4.60. The van der Waals surface area contributed by atoms with Crippen molar-refractivity contribution in [2.75, 3.05) is 6.61 Å². The second-order valence-electron chi connectivity index (χ2n) is 3.12. The lowest BCUT2D eigenvalue weighted by molar-refractivity contribution is -0.152. The van der Waals surface area contributed by atoms with Crippen LogP contribution in [-0.2, 0) is 14.4 Å². The van der Waals surface area contributed by atoms with E-state index in [4.69, 9.17) is 10.6 Å². The highest BCUT2D eigenvalue weighted by Gasteiger charge is 2.15. The molecule has 1 aliphatic carbocycles. The number of hydrazine groups is 1. The van der Waals surface area contributed by atoms with Gasteiger partial charge in [-0.05, 0) is 12.8 Å². The number of rotatable bonds is 5. The van der Waals surface area contributed by atoms with Gasteiger partial charge in [0.2, 0.25) is 0 Å². The van der Waals surface area contributed by atoms with Gasteiger partial charge in [0.15, 0.2) is 0 Å². The molecule has 1 fully saturated rings. The van der Waals surface area contributed by atoms with E-state index in [0.717, 1.165) is 12.8 Å². The van der Waals surface area contributed by atoms with Crippen LogP contribution < -0.4 is 11.4 Å². The van der Waals surface area contributed by atoms with Crippen LogP contribution in [0.2, 0.25) is 0 Å². The van der Waals surface area contributed by atoms with Crippen LogP contribution in [0.3, 0.4) is 0 Å². The molecule has 0 saturated heterocycles. The predicted octanol–water partition coefficient (Wildman–Crippen LogP) is 0.257. The lowest BCUT2D eigenvalue weighted by atomic mass is 10.3. The van der Waals surface area contributed by atoms with E-state index in [1.54, 1.807) is 0 Å². The average molecular weight is 188 g/mol. The fourth-order valence-electron chi connectivity index (χ4n) is 1.48. The summed E-state index contributed by atoms with van der Waals surface area (Å²) in [5.41, 5.74) is 1.84. The van der Waals surface area contributed by atoms with Gasteiger partial charge < -0.3 is 9.57 Å². The molecule has 0 amide bonds. The summed E-state index contributed by atoms with van der Waals surface area (Å²) in [4.78, 5) is 15.1. The zero-order valence-corrected chi connectivity index (χ0v) is 7.62. The molecule has 0 unspecified atom stereocenters. The number of nitrogens with one attached hydrogen (secondary N) is 1. The van der Waals surface area contributed by atoms with Crippen molar-refractivity contribution in [3.05, 3.63) is 0 Å². The molecule has 0 atom stereocenters. The SMILES string of the molecule is NNOC(=O)CCOC1CCCC1. The maximum Gasteiger partial charge on any atom is 0.328 e. The fourth-order valence-corrected chi connectivity index (χ4v) is 1.48. The van der Waals surface area contributed by atoms with Gasteiger partial charge in [-0.25, -0.2) is 5.84 Å². The fraction of sp³-hybridized carbons (Fsp3) is 0.875. The molecule has 0 heterocycles. The summed E-state index contributed by atoms with van der Waals surface area (Å²) in [5.74, 6) is 4.40. The largest absolute Gasteiger partial charge is 0.378 e. The molecule has 1 aliphatic rings. The van der Waals surface area contributed by atoms with Crippen molar-refractivity contribution in [2.24, 2.45) is 5.84 Å². The summed E-state index contributed by atoms with van der Waals surface area (Å²) in [6.07, 6.45) is 5.30. The normalized spacial score (nSPS) is 17.6. The highest BCUT2D eigenvalue weighted by Crippen LogP contribution is 2.20. The molecule has 5 nitrogen and oxygen atoms in total. The number of carbonyl (C=O) groups excluding carboxylic acids is 1. The molecule has 1 rings (SSSR count). The van der Waals surface area contributed by atoms with Gasteiger partial charge in [0.05, 0.1) is 19.1 Å². The Hall–Kier alpha value is -0.650. The van der Waals surface area contributed by atoms with Crippen LogP contribution in [0.15, 0.2) is 0 Å². The Balaban J connectivity index is 1.96. The smallest absolute Gasteiger partial charge is 0.328 e. The summed E-state index contributed by atoms with van der Waals surface area (Å²) in [6, 6.07) is 0. The molecule has 0 aromatic carbocycles. The number of ether oxygens (including phenoxy) is 1. The second kappa shape index (κ2) is 5.90. The third kappa shape index (κ3) is 4.21. The van der Waals surface area contributed by atoms with Crippen LogP contribution in [0.5, 0.6) is 0 Å². The quantitative estimate of drug-likeness (QED) is 0.478. The van der Waals surface area contributed by atoms with E-state index >= 15 is 0 Å². The molecule has 0 aromatic rings. The standard InChI is InChI=1S/C8H16N2O3/c9-10-13-8(11)5-6-12-7-3-1-2-4-7/h7,10H,1-6,9H2. The molecule has 0 aliphatic heterocycles. The summed E-state index contributed by atoms with van der Waals surface area (Å²) in [6.45, 7) is 0.422. The predicted molar refractivity (Wildman–Crippen MR) is 46.2 cm³/mol. The first-order chi connectivity index (χ1) is 6.33. The molecule has 13 heavy (non-hydrogen) atoms. The summed E-state index contributed by atoms with van der Waals surface area (Å²) < 4.78 is 5.45. The zero-order chi connectivity index (χ0) is 9.52. The molecule has 0 bridgehead atoms. The van der Waals surface area contributed by atoms with Crippen LogP contribution in [0.25, 0.3) is 0 Å². The zero-order valence-electron chi connectivity index (χ0n) is 7.62. The average Bonchev–Trinajstić information content (AvgIpc) is 2.57. The highest BCUT2D eigenvalue weighted by atomic mass is 16.7. The molecule has 0 radical (unpaired) electrons. The molecule has 0 spiro atoms. The van der Waals surface area contributed by atoms with E-state index in [9.17, 15) is 4.79 Å². The first kappa shape index (κ1) is 10.4. The van der Waals surface area contributed by atoms with Gasteiger partial charge in [-0.15, -0.1) is 0 Å². The Morgan fingerprint density at radius 2 is 2.15 bits per heavy atom. The van der Waals surface area contributed by atoms with Gasteiger partial charge in [0.1, 0.15) is 0 Å². The van der Waals surface area contributed by atoms with E-state index in [0.29, 0.717) is 12.7 Å². The Morgan fingerprint density at radius 1 is 1.46 bits per heavy atom. The van der Waals surface area contributed by atoms with Crippen LogP contribution in [0.4, 0.5) is 0 Å². The minimum atomic E-state index is -0.388. The van der Waals surface area contributed by atoms with Crippen molar-refractivity contribution in [1.29, 1.82) is 0 Å². The Morgan fingerprint density at radius 3 is 2.77 bits per heavy atom. The molecule has 3 N–H and O–H groups in total. The molecular formula is C8H16N2O3. The monoisotopic (exact) mass is 188 g/mol. The minimum Gasteiger partial charge on any atom is -0.378 e. The van der Waals surface area contributed by atoms with Gasteiger partial charge in [0, 0.05) is 0 Å². The van der Waals surface area contributed by atoms with Gasteiger partial charge in [0.25, 0.3) is 0 Å². The number of carbonyl (C=O) groups is 1. The number of hydrogen-bond donors (Lipinski definition) is 2. The Bertz CT molecular complexity index is 157. The topological polar surface area (TPSA) is 73.6 Å². The van der Waals surface area contributed by atoms with Crippen molar-refractivity contribution in [1.82, 2.24) is 5.59 Å². The number of nitrogens with two attached hydrogens (primary N) is 1. The first-order valence-electron chi connectivity index (χ1n) is 4.60. The van der Waals surface area contributed by atoms with Gasteiger partial charge >= 0.3 is 5.97 Å². The molecule has 0 aromatic heterocycles. The van der Waals surface area contributed by atoms with Crippen molar-refractivity contribution >= 4 is 5.97 Å². The van der Waals surface area contributed by atoms with Crippen molar-refractivity contribution in [3.8, 4) is 0 Å². The van der Waals surface area contributed by atoms with E-state index < -0.39 is 0 Å². The maximum absolute atomic E-state index is 10.8. The van der Waals surface area contributed by atoms with Crippen LogP contribution in [0.1, 0.15) is 32.1 Å². The van der Waals surface area contributed by atoms with E-state index in [2.05, 4.69) is 4.84 Å². The lowest BCUT2D eigenvalue weighted by Crippen LogP contribution is -2.27. The summed E-state index contributed by atoms with van der Waals surface area (Å²) in [5, 5.41) is 0. The van der Waals surface area contributed by atoms with Crippen molar-refractivity contribution in [3.63, 3.8) is 0 Å². The summed E-state index contributed by atoms with van der Waals surface area (Å²) in [7, 11) is 0. The van der Waals surface area contributed by atoms with E-state index in [1.807, 2.05) is 5.59 Å². The third-order valence-electron chi connectivity index (χ3n) is 2.13. The van der Waals surface area contributed by atoms with Crippen LogP contribution in [0, 0.1) is 0 Å². The lowest BCUT2D eigenvalue weighted by Gasteiger charge is -2.09. The van der Waals surface area contributed by atoms with E-state index in [1.165, 1.54) is 12.8 Å². The van der Waals surface area contributed by atoms with E-state index in [-0.39, 0.29) is 12.4 Å². The van der Waals surface area contributed by atoms with Crippen LogP contribution in [-0.4, -0.2) is 18.7 Å². The number of hydrogen-bond acceptors (Lipinski definition) is 5. The third-order valence-corrected chi connectivity index (χ3v) is 2.13. The van der Waals surface area contributed by atoms with Crippen molar-refractivity contribution < 1.29 is 14.4 Å². The molecular weight excluding hydrogens is 172 g/mol. The van der Waals surface area contributed by atoms with Gasteiger partial charge in [-0.2, -0.15) is 0 Å². The van der Waals surface area contributed by atoms with Crippen molar-refractivity contribution in [2.45, 2.75) is 38.2 Å². The van der Waals surface area contributed by atoms with Gasteiger partial charge in [-0.1, -0.05) is 18.4 Å². The highest BCUT2D eigenvalue weighted by molar-refractivity contribution is 5.69. The van der Waals surface area contributed by atoms with Gasteiger partial charge in [-0.3, -0.25) is 4.79 Å².